The molecule has 0 aliphatic carbocycles. The number of hydrogen-bond acceptors (Lipinski definition) is 4. The molecule has 0 N–H and O–H groups in total. The van der Waals surface area contributed by atoms with Crippen molar-refractivity contribution >= 4 is 22.7 Å². The zero-order valence-electron chi connectivity index (χ0n) is 12.8. The van der Waals surface area contributed by atoms with Gasteiger partial charge in [0.2, 0.25) is 0 Å². The third-order valence-electron chi connectivity index (χ3n) is 3.06. The number of carbonyl (C=O) groups excluding carboxylic acids is 2. The van der Waals surface area contributed by atoms with Crippen LogP contribution in [0.3, 0.4) is 0 Å². The summed E-state index contributed by atoms with van der Waals surface area (Å²) in [6.07, 6.45) is -9.60. The fraction of sp³-hybridized carbons (Fsp3) is 0.250. The number of alkyl halides is 6. The molecule has 0 saturated heterocycles. The fourth-order valence-corrected chi connectivity index (χ4v) is 2.03. The third-order valence-corrected chi connectivity index (χ3v) is 3.06. The van der Waals surface area contributed by atoms with Crippen LogP contribution in [0.4, 0.5) is 26.3 Å². The summed E-state index contributed by atoms with van der Waals surface area (Å²) < 4.78 is 81.4. The first-order valence-electron chi connectivity index (χ1n) is 6.97. The zero-order chi connectivity index (χ0) is 19.5. The average Bonchev–Trinajstić information content (AvgIpc) is 2.55. The molecule has 0 fully saturated rings. The Kier molecular flexibility index (Phi) is 5.43. The summed E-state index contributed by atoms with van der Waals surface area (Å²) in [5, 5.41) is 0.748. The number of halogens is 6. The standard InChI is InChI=1S/C16H10F6O4/c17-15(18,19)7-25-13(23)11-5-9-3-1-2-4-10(9)6-12(11)14(24)26-8-16(20,21)22/h1-6H,7-8H2. The Labute approximate surface area is 142 Å². The summed E-state index contributed by atoms with van der Waals surface area (Å²) in [6.45, 7) is -3.81. The Bertz CT molecular complexity index is 757. The second-order valence-corrected chi connectivity index (χ2v) is 5.13. The molecule has 26 heavy (non-hydrogen) atoms. The second kappa shape index (κ2) is 7.22. The Morgan fingerprint density at radius 2 is 1.08 bits per heavy atom. The Morgan fingerprint density at radius 1 is 0.731 bits per heavy atom. The van der Waals surface area contributed by atoms with E-state index in [4.69, 9.17) is 0 Å². The van der Waals surface area contributed by atoms with E-state index in [1.54, 1.807) is 12.1 Å². The molecule has 4 nitrogen and oxygen atoms in total. The van der Waals surface area contributed by atoms with Crippen LogP contribution in [-0.2, 0) is 9.47 Å². The number of ether oxygens (including phenoxy) is 2. The predicted octanol–water partition coefficient (Wildman–Crippen LogP) is 4.28. The topological polar surface area (TPSA) is 52.6 Å². The summed E-state index contributed by atoms with van der Waals surface area (Å²) in [5.74, 6) is -3.01. The van der Waals surface area contributed by atoms with E-state index in [-0.39, 0.29) is 0 Å². The minimum atomic E-state index is -4.80. The van der Waals surface area contributed by atoms with Crippen LogP contribution in [0.2, 0.25) is 0 Å². The van der Waals surface area contributed by atoms with Crippen molar-refractivity contribution in [3.63, 3.8) is 0 Å². The summed E-state index contributed by atoms with van der Waals surface area (Å²) >= 11 is 0. The molecule has 0 spiro atoms. The number of hydrogen-bond donors (Lipinski definition) is 0. The number of carbonyl (C=O) groups is 2. The Hall–Kier alpha value is -2.78. The Morgan fingerprint density at radius 3 is 1.38 bits per heavy atom. The lowest BCUT2D eigenvalue weighted by atomic mass is 10.0. The first kappa shape index (κ1) is 19.5. The van der Waals surface area contributed by atoms with E-state index in [0.29, 0.717) is 10.8 Å². The molecule has 0 aliphatic rings. The van der Waals surface area contributed by atoms with E-state index in [1.165, 1.54) is 12.1 Å². The molecule has 0 atom stereocenters. The maximum absolute atomic E-state index is 12.2. The van der Waals surface area contributed by atoms with Crippen molar-refractivity contribution in [3.05, 3.63) is 47.5 Å². The van der Waals surface area contributed by atoms with Crippen molar-refractivity contribution in [1.29, 1.82) is 0 Å². The van der Waals surface area contributed by atoms with Crippen molar-refractivity contribution in [2.24, 2.45) is 0 Å². The lowest BCUT2D eigenvalue weighted by Crippen LogP contribution is -2.24. The van der Waals surface area contributed by atoms with Crippen LogP contribution in [0.1, 0.15) is 20.7 Å². The molecule has 0 aliphatic heterocycles. The molecule has 2 aromatic rings. The molecule has 0 heterocycles. The quantitative estimate of drug-likeness (QED) is 0.587. The number of rotatable bonds is 4. The van der Waals surface area contributed by atoms with E-state index in [9.17, 15) is 35.9 Å². The number of benzene rings is 2. The van der Waals surface area contributed by atoms with Gasteiger partial charge in [0.25, 0.3) is 0 Å². The first-order chi connectivity index (χ1) is 12.0. The normalized spacial score (nSPS) is 12.1. The minimum absolute atomic E-state index is 0.374. The lowest BCUT2D eigenvalue weighted by molar-refractivity contribution is -0.162. The third kappa shape index (κ3) is 5.36. The molecule has 2 aromatic carbocycles. The Balaban J connectivity index is 2.39. The van der Waals surface area contributed by atoms with Gasteiger partial charge in [-0.2, -0.15) is 26.3 Å². The molecule has 0 saturated carbocycles. The van der Waals surface area contributed by atoms with Crippen molar-refractivity contribution in [3.8, 4) is 0 Å². The van der Waals surface area contributed by atoms with E-state index in [0.717, 1.165) is 12.1 Å². The smallest absolute Gasteiger partial charge is 0.422 e. The van der Waals surface area contributed by atoms with Gasteiger partial charge in [0, 0.05) is 0 Å². The molecular formula is C16H10F6O4. The zero-order valence-corrected chi connectivity index (χ0v) is 12.8. The van der Waals surface area contributed by atoms with Gasteiger partial charge >= 0.3 is 24.3 Å². The van der Waals surface area contributed by atoms with Crippen molar-refractivity contribution in [2.45, 2.75) is 12.4 Å². The highest BCUT2D eigenvalue weighted by Gasteiger charge is 2.33. The molecule has 10 heteroatoms. The van der Waals surface area contributed by atoms with Gasteiger partial charge < -0.3 is 9.47 Å². The molecule has 0 bridgehead atoms. The van der Waals surface area contributed by atoms with E-state index < -0.39 is 48.6 Å². The van der Waals surface area contributed by atoms with Crippen molar-refractivity contribution < 1.29 is 45.4 Å². The van der Waals surface area contributed by atoms with Gasteiger partial charge in [0.05, 0.1) is 11.1 Å². The molecular weight excluding hydrogens is 370 g/mol. The molecule has 0 radical (unpaired) electrons. The van der Waals surface area contributed by atoms with Crippen LogP contribution in [-0.4, -0.2) is 37.5 Å². The van der Waals surface area contributed by atoms with Gasteiger partial charge in [-0.05, 0) is 22.9 Å². The highest BCUT2D eigenvalue weighted by molar-refractivity contribution is 6.07. The van der Waals surface area contributed by atoms with Crippen LogP contribution in [0, 0.1) is 0 Å². The summed E-state index contributed by atoms with van der Waals surface area (Å²) in [5.41, 5.74) is -1.25. The van der Waals surface area contributed by atoms with Crippen LogP contribution in [0.15, 0.2) is 36.4 Å². The molecule has 0 unspecified atom stereocenters. The SMILES string of the molecule is O=C(OCC(F)(F)F)c1cc2ccccc2cc1C(=O)OCC(F)(F)F. The van der Waals surface area contributed by atoms with Gasteiger partial charge in [-0.25, -0.2) is 9.59 Å². The predicted molar refractivity (Wildman–Crippen MR) is 76.6 cm³/mol. The van der Waals surface area contributed by atoms with Gasteiger partial charge in [0.15, 0.2) is 13.2 Å². The molecule has 0 aromatic heterocycles. The first-order valence-corrected chi connectivity index (χ1v) is 6.97. The van der Waals surface area contributed by atoms with E-state index in [1.807, 2.05) is 0 Å². The molecule has 0 amide bonds. The van der Waals surface area contributed by atoms with E-state index in [2.05, 4.69) is 9.47 Å². The van der Waals surface area contributed by atoms with Gasteiger partial charge in [-0.3, -0.25) is 0 Å². The van der Waals surface area contributed by atoms with Crippen LogP contribution in [0.25, 0.3) is 10.8 Å². The van der Waals surface area contributed by atoms with Crippen LogP contribution < -0.4 is 0 Å². The monoisotopic (exact) mass is 380 g/mol. The van der Waals surface area contributed by atoms with Gasteiger partial charge in [0.1, 0.15) is 0 Å². The van der Waals surface area contributed by atoms with Crippen LogP contribution in [0.5, 0.6) is 0 Å². The summed E-state index contributed by atoms with van der Waals surface area (Å²) in [7, 11) is 0. The van der Waals surface area contributed by atoms with E-state index >= 15 is 0 Å². The van der Waals surface area contributed by atoms with Gasteiger partial charge in [-0.15, -0.1) is 0 Å². The number of fused-ring (bicyclic) bond motifs is 1. The second-order valence-electron chi connectivity index (χ2n) is 5.13. The lowest BCUT2D eigenvalue weighted by Gasteiger charge is -2.13. The van der Waals surface area contributed by atoms with Crippen molar-refractivity contribution in [1.82, 2.24) is 0 Å². The largest absolute Gasteiger partial charge is 0.452 e. The summed E-state index contributed by atoms with van der Waals surface area (Å²) in [6, 6.07) is 8.24. The maximum Gasteiger partial charge on any atom is 0.422 e. The molecule has 2 rings (SSSR count). The summed E-state index contributed by atoms with van der Waals surface area (Å²) in [4.78, 5) is 23.8. The van der Waals surface area contributed by atoms with Gasteiger partial charge in [-0.1, -0.05) is 24.3 Å². The maximum atomic E-state index is 12.2. The molecule has 140 valence electrons. The average molecular weight is 380 g/mol. The highest BCUT2D eigenvalue weighted by Crippen LogP contribution is 2.24. The number of esters is 2. The highest BCUT2D eigenvalue weighted by atomic mass is 19.4. The fourth-order valence-electron chi connectivity index (χ4n) is 2.03. The van der Waals surface area contributed by atoms with Crippen molar-refractivity contribution in [2.75, 3.05) is 13.2 Å². The van der Waals surface area contributed by atoms with Crippen LogP contribution >= 0.6 is 0 Å². The minimum Gasteiger partial charge on any atom is -0.452 e.